The number of carbonyl (C=O) groups is 1. The third kappa shape index (κ3) is 5.04. The summed E-state index contributed by atoms with van der Waals surface area (Å²) in [6.07, 6.45) is 1.50. The quantitative estimate of drug-likeness (QED) is 0.708. The maximum Gasteiger partial charge on any atom is 0.262 e. The molecule has 1 amide bonds. The summed E-state index contributed by atoms with van der Waals surface area (Å²) in [5.74, 6) is 0.955. The molecule has 0 fully saturated rings. The molecule has 0 aliphatic rings. The largest absolute Gasteiger partial charge is 0.495 e. The van der Waals surface area contributed by atoms with Gasteiger partial charge >= 0.3 is 0 Å². The zero-order valence-electron chi connectivity index (χ0n) is 15.0. The first-order valence-electron chi connectivity index (χ1n) is 8.09. The third-order valence-electron chi connectivity index (χ3n) is 3.66. The van der Waals surface area contributed by atoms with E-state index in [1.54, 1.807) is 26.3 Å². The number of nitrogens with zero attached hydrogens (tertiary/aromatic N) is 1. The van der Waals surface area contributed by atoms with E-state index in [4.69, 9.17) is 19.9 Å². The Kier molecular flexibility index (Phi) is 6.17. The number of aromatic nitrogens is 1. The van der Waals surface area contributed by atoms with E-state index in [-0.39, 0.29) is 12.5 Å². The molecule has 0 saturated heterocycles. The molecule has 0 spiro atoms. The Bertz CT molecular complexity index is 733. The molecule has 2 unspecified atom stereocenters. The third-order valence-corrected chi connectivity index (χ3v) is 3.66. The fourth-order valence-electron chi connectivity index (χ4n) is 2.46. The van der Waals surface area contributed by atoms with Crippen molar-refractivity contribution in [3.05, 3.63) is 30.5 Å². The average molecular weight is 347 g/mol. The molecule has 1 heterocycles. The zero-order chi connectivity index (χ0) is 18.4. The number of fused-ring (bicyclic) bond motifs is 1. The highest BCUT2D eigenvalue weighted by atomic mass is 16.5. The minimum atomic E-state index is -0.955. The summed E-state index contributed by atoms with van der Waals surface area (Å²) < 4.78 is 16.1. The van der Waals surface area contributed by atoms with Crippen molar-refractivity contribution in [2.24, 2.45) is 5.73 Å². The van der Waals surface area contributed by atoms with Gasteiger partial charge in [-0.2, -0.15) is 0 Å². The van der Waals surface area contributed by atoms with Crippen LogP contribution in [0.3, 0.4) is 0 Å². The van der Waals surface area contributed by atoms with Gasteiger partial charge in [0, 0.05) is 12.5 Å². The minimum Gasteiger partial charge on any atom is -0.495 e. The Labute approximate surface area is 147 Å². The first-order valence-corrected chi connectivity index (χ1v) is 8.09. The Balaban J connectivity index is 2.15. The van der Waals surface area contributed by atoms with Gasteiger partial charge in [-0.05, 0) is 37.6 Å². The molecule has 7 heteroatoms. The van der Waals surface area contributed by atoms with E-state index >= 15 is 0 Å². The maximum absolute atomic E-state index is 12.4. The lowest BCUT2D eigenvalue weighted by atomic mass is 10.1. The van der Waals surface area contributed by atoms with Crippen LogP contribution in [0.15, 0.2) is 30.5 Å². The van der Waals surface area contributed by atoms with Crippen LogP contribution in [0.25, 0.3) is 10.9 Å². The standard InChI is InChI=1S/C18H25N3O4/c1-5-16(17(22)21-18(2,19)11-23-3)25-13-6-7-15-12(8-13)9-14(24-4)10-20-15/h6-10,16H,5,11,19H2,1-4H3,(H,21,22). The highest BCUT2D eigenvalue weighted by Crippen LogP contribution is 2.24. The summed E-state index contributed by atoms with van der Waals surface area (Å²) in [5, 5.41) is 3.61. The van der Waals surface area contributed by atoms with Crippen LogP contribution in [0, 0.1) is 0 Å². The van der Waals surface area contributed by atoms with E-state index in [2.05, 4.69) is 10.3 Å². The SMILES string of the molecule is CCC(Oc1ccc2ncc(OC)cc2c1)C(=O)NC(C)(N)COC. The van der Waals surface area contributed by atoms with Gasteiger partial charge in [-0.3, -0.25) is 9.78 Å². The molecule has 2 rings (SSSR count). The van der Waals surface area contributed by atoms with Crippen LogP contribution < -0.4 is 20.5 Å². The molecular formula is C18H25N3O4. The lowest BCUT2D eigenvalue weighted by Gasteiger charge is -2.27. The predicted molar refractivity (Wildman–Crippen MR) is 95.6 cm³/mol. The summed E-state index contributed by atoms with van der Waals surface area (Å²) in [4.78, 5) is 16.7. The Morgan fingerprint density at radius 3 is 2.68 bits per heavy atom. The number of nitrogens with two attached hydrogens (primary N) is 1. The topological polar surface area (TPSA) is 95.7 Å². The molecular weight excluding hydrogens is 322 g/mol. The second-order valence-electron chi connectivity index (χ2n) is 6.08. The van der Waals surface area contributed by atoms with Gasteiger partial charge in [-0.15, -0.1) is 0 Å². The molecule has 0 aliphatic heterocycles. The molecule has 25 heavy (non-hydrogen) atoms. The summed E-state index contributed by atoms with van der Waals surface area (Å²) in [7, 11) is 3.12. The van der Waals surface area contributed by atoms with Gasteiger partial charge in [-0.25, -0.2) is 0 Å². The highest BCUT2D eigenvalue weighted by Gasteiger charge is 2.26. The molecule has 2 aromatic rings. The van der Waals surface area contributed by atoms with Crippen LogP contribution in [-0.2, 0) is 9.53 Å². The molecule has 136 valence electrons. The normalized spacial score (nSPS) is 14.6. The molecule has 0 bridgehead atoms. The number of nitrogens with one attached hydrogen (secondary N) is 1. The number of hydrogen-bond donors (Lipinski definition) is 2. The first kappa shape index (κ1) is 19.0. The molecule has 1 aromatic heterocycles. The summed E-state index contributed by atoms with van der Waals surface area (Å²) >= 11 is 0. The number of rotatable bonds is 8. The van der Waals surface area contributed by atoms with E-state index in [1.165, 1.54) is 7.11 Å². The van der Waals surface area contributed by atoms with Crippen LogP contribution in [0.1, 0.15) is 20.3 Å². The molecule has 7 nitrogen and oxygen atoms in total. The Morgan fingerprint density at radius 2 is 2.04 bits per heavy atom. The smallest absolute Gasteiger partial charge is 0.262 e. The van der Waals surface area contributed by atoms with Gasteiger partial charge in [0.05, 0.1) is 25.4 Å². The fourth-order valence-corrected chi connectivity index (χ4v) is 2.46. The second-order valence-corrected chi connectivity index (χ2v) is 6.08. The number of pyridine rings is 1. The molecule has 2 atom stereocenters. The van der Waals surface area contributed by atoms with E-state index in [0.29, 0.717) is 17.9 Å². The van der Waals surface area contributed by atoms with Gasteiger partial charge < -0.3 is 25.3 Å². The van der Waals surface area contributed by atoms with E-state index < -0.39 is 11.8 Å². The molecule has 0 aliphatic carbocycles. The van der Waals surface area contributed by atoms with Crippen molar-refractivity contribution in [3.8, 4) is 11.5 Å². The van der Waals surface area contributed by atoms with Crippen molar-refractivity contribution in [2.75, 3.05) is 20.8 Å². The van der Waals surface area contributed by atoms with Crippen LogP contribution in [0.5, 0.6) is 11.5 Å². The highest BCUT2D eigenvalue weighted by molar-refractivity contribution is 5.83. The van der Waals surface area contributed by atoms with Crippen molar-refractivity contribution >= 4 is 16.8 Å². The number of amides is 1. The Morgan fingerprint density at radius 1 is 1.32 bits per heavy atom. The summed E-state index contributed by atoms with van der Waals surface area (Å²) in [6.45, 7) is 3.77. The molecule has 0 saturated carbocycles. The Hall–Kier alpha value is -2.38. The number of ether oxygens (including phenoxy) is 3. The lowest BCUT2D eigenvalue weighted by molar-refractivity contribution is -0.130. The van der Waals surface area contributed by atoms with Crippen molar-refractivity contribution in [3.63, 3.8) is 0 Å². The van der Waals surface area contributed by atoms with Gasteiger partial charge in [0.25, 0.3) is 5.91 Å². The number of benzene rings is 1. The van der Waals surface area contributed by atoms with E-state index in [0.717, 1.165) is 10.9 Å². The van der Waals surface area contributed by atoms with Gasteiger partial charge in [0.1, 0.15) is 17.2 Å². The van der Waals surface area contributed by atoms with Gasteiger partial charge in [-0.1, -0.05) is 6.92 Å². The summed E-state index contributed by atoms with van der Waals surface area (Å²) in [5.41, 5.74) is 5.85. The van der Waals surface area contributed by atoms with Gasteiger partial charge in [0.15, 0.2) is 6.10 Å². The lowest BCUT2D eigenvalue weighted by Crippen LogP contribution is -2.59. The van der Waals surface area contributed by atoms with E-state index in [1.807, 2.05) is 25.1 Å². The summed E-state index contributed by atoms with van der Waals surface area (Å²) in [6, 6.07) is 7.32. The van der Waals surface area contributed by atoms with E-state index in [9.17, 15) is 4.79 Å². The zero-order valence-corrected chi connectivity index (χ0v) is 15.0. The average Bonchev–Trinajstić information content (AvgIpc) is 2.58. The van der Waals surface area contributed by atoms with Crippen LogP contribution in [-0.4, -0.2) is 43.5 Å². The van der Waals surface area contributed by atoms with Gasteiger partial charge in [0.2, 0.25) is 0 Å². The molecule has 3 N–H and O–H groups in total. The van der Waals surface area contributed by atoms with Crippen LogP contribution in [0.4, 0.5) is 0 Å². The minimum absolute atomic E-state index is 0.205. The number of carbonyl (C=O) groups excluding carboxylic acids is 1. The van der Waals surface area contributed by atoms with Crippen molar-refractivity contribution in [1.29, 1.82) is 0 Å². The second kappa shape index (κ2) is 8.13. The first-order chi connectivity index (χ1) is 11.9. The monoisotopic (exact) mass is 347 g/mol. The van der Waals surface area contributed by atoms with Crippen LogP contribution in [0.2, 0.25) is 0 Å². The van der Waals surface area contributed by atoms with Crippen LogP contribution >= 0.6 is 0 Å². The maximum atomic E-state index is 12.4. The fraction of sp³-hybridized carbons (Fsp3) is 0.444. The number of methoxy groups -OCH3 is 2. The molecule has 0 radical (unpaired) electrons. The van der Waals surface area contributed by atoms with Crippen molar-refractivity contribution in [2.45, 2.75) is 32.0 Å². The van der Waals surface area contributed by atoms with Crippen molar-refractivity contribution in [1.82, 2.24) is 10.3 Å². The molecule has 1 aromatic carbocycles. The number of hydrogen-bond acceptors (Lipinski definition) is 6. The van der Waals surface area contributed by atoms with Crippen molar-refractivity contribution < 1.29 is 19.0 Å². The predicted octanol–water partition coefficient (Wildman–Crippen LogP) is 1.84.